The van der Waals surface area contributed by atoms with E-state index in [4.69, 9.17) is 17.3 Å². The van der Waals surface area contributed by atoms with Crippen molar-refractivity contribution in [3.8, 4) is 0 Å². The maximum atomic E-state index is 11.5. The smallest absolute Gasteiger partial charge is 0.237 e. The zero-order valence-corrected chi connectivity index (χ0v) is 11.9. The number of primary amides is 1. The van der Waals surface area contributed by atoms with Crippen molar-refractivity contribution < 1.29 is 4.79 Å². The fourth-order valence-electron chi connectivity index (χ4n) is 2.39. The number of amides is 1. The number of carbonyl (C=O) groups is 1. The molecule has 0 radical (unpaired) electrons. The van der Waals surface area contributed by atoms with E-state index in [2.05, 4.69) is 5.32 Å². The number of benzene rings is 1. The molecule has 0 saturated heterocycles. The number of likely N-dealkylation sites (N-methyl/N-ethyl adjacent to an activating group) is 1. The largest absolute Gasteiger partial charge is 0.368 e. The lowest BCUT2D eigenvalue weighted by Gasteiger charge is -2.24. The molecule has 3 N–H and O–H groups in total. The van der Waals surface area contributed by atoms with Crippen LogP contribution < -0.4 is 11.1 Å². The fraction of sp³-hybridized carbons (Fsp3) is 0.462. The molecule has 0 heterocycles. The van der Waals surface area contributed by atoms with Crippen LogP contribution >= 0.6 is 23.4 Å². The van der Waals surface area contributed by atoms with Gasteiger partial charge in [0.25, 0.3) is 0 Å². The normalized spacial score (nSPS) is 27.3. The molecule has 1 amide bonds. The van der Waals surface area contributed by atoms with Gasteiger partial charge in [-0.1, -0.05) is 23.7 Å². The summed E-state index contributed by atoms with van der Waals surface area (Å²) < 4.78 is 0. The monoisotopic (exact) mass is 284 g/mol. The van der Waals surface area contributed by atoms with Gasteiger partial charge in [-0.15, -0.1) is 11.8 Å². The van der Waals surface area contributed by atoms with Crippen molar-refractivity contribution in [3.63, 3.8) is 0 Å². The first-order valence-electron chi connectivity index (χ1n) is 5.97. The molecular weight excluding hydrogens is 268 g/mol. The average Bonchev–Trinajstić information content (AvgIpc) is 2.77. The Morgan fingerprint density at radius 1 is 1.56 bits per heavy atom. The molecule has 0 spiro atoms. The Bertz CT molecular complexity index is 454. The number of halogens is 1. The third-order valence-electron chi connectivity index (χ3n) is 3.55. The van der Waals surface area contributed by atoms with Gasteiger partial charge in [0.15, 0.2) is 0 Å². The van der Waals surface area contributed by atoms with Crippen molar-refractivity contribution in [2.45, 2.75) is 34.9 Å². The van der Waals surface area contributed by atoms with Gasteiger partial charge in [-0.05, 0) is 38.4 Å². The van der Waals surface area contributed by atoms with E-state index in [-0.39, 0.29) is 5.91 Å². The number of nitrogens with one attached hydrogen (secondary N) is 1. The standard InChI is InChI=1S/C13H17ClN2OS/c1-16-13(12(15)17)7-6-9(8-13)18-11-5-3-2-4-10(11)14/h2-5,9,16H,6-8H2,1H3,(H2,15,17). The lowest BCUT2D eigenvalue weighted by molar-refractivity contribution is -0.124. The number of hydrogen-bond acceptors (Lipinski definition) is 3. The Balaban J connectivity index is 2.06. The Morgan fingerprint density at radius 3 is 2.83 bits per heavy atom. The molecule has 18 heavy (non-hydrogen) atoms. The van der Waals surface area contributed by atoms with Gasteiger partial charge in [0.05, 0.1) is 10.6 Å². The quantitative estimate of drug-likeness (QED) is 0.893. The SMILES string of the molecule is CNC1(C(N)=O)CCC(Sc2ccccc2Cl)C1. The summed E-state index contributed by atoms with van der Waals surface area (Å²) >= 11 is 7.88. The van der Waals surface area contributed by atoms with Crippen LogP contribution in [0.25, 0.3) is 0 Å². The number of hydrogen-bond donors (Lipinski definition) is 2. The minimum absolute atomic E-state index is 0.257. The predicted octanol–water partition coefficient (Wildman–Crippen LogP) is 2.43. The van der Waals surface area contributed by atoms with Gasteiger partial charge in [0.2, 0.25) is 5.91 Å². The van der Waals surface area contributed by atoms with E-state index < -0.39 is 5.54 Å². The molecule has 2 rings (SSSR count). The molecule has 2 unspecified atom stereocenters. The lowest BCUT2D eigenvalue weighted by atomic mass is 9.97. The zero-order valence-electron chi connectivity index (χ0n) is 10.3. The Morgan fingerprint density at radius 2 is 2.28 bits per heavy atom. The molecule has 1 aliphatic rings. The second kappa shape index (κ2) is 5.51. The third kappa shape index (κ3) is 2.66. The zero-order chi connectivity index (χ0) is 13.2. The van der Waals surface area contributed by atoms with E-state index in [1.807, 2.05) is 24.3 Å². The summed E-state index contributed by atoms with van der Waals surface area (Å²) in [5, 5.41) is 4.23. The summed E-state index contributed by atoms with van der Waals surface area (Å²) in [6, 6.07) is 7.79. The molecule has 1 aromatic carbocycles. The van der Waals surface area contributed by atoms with Gasteiger partial charge in [0, 0.05) is 10.1 Å². The van der Waals surface area contributed by atoms with Crippen LogP contribution in [0.4, 0.5) is 0 Å². The molecule has 1 saturated carbocycles. The van der Waals surface area contributed by atoms with Gasteiger partial charge in [-0.3, -0.25) is 4.79 Å². The van der Waals surface area contributed by atoms with Crippen LogP contribution in [0.2, 0.25) is 5.02 Å². The van der Waals surface area contributed by atoms with Gasteiger partial charge in [0.1, 0.15) is 0 Å². The minimum atomic E-state index is -0.543. The summed E-state index contributed by atoms with van der Waals surface area (Å²) in [5.74, 6) is -0.257. The van der Waals surface area contributed by atoms with Gasteiger partial charge >= 0.3 is 0 Å². The van der Waals surface area contributed by atoms with Crippen molar-refractivity contribution in [2.24, 2.45) is 5.73 Å². The average molecular weight is 285 g/mol. The first kappa shape index (κ1) is 13.7. The maximum absolute atomic E-state index is 11.5. The minimum Gasteiger partial charge on any atom is -0.368 e. The van der Waals surface area contributed by atoms with E-state index in [0.29, 0.717) is 5.25 Å². The molecule has 0 aliphatic heterocycles. The molecule has 0 bridgehead atoms. The van der Waals surface area contributed by atoms with Crippen molar-refractivity contribution in [1.82, 2.24) is 5.32 Å². The maximum Gasteiger partial charge on any atom is 0.237 e. The van der Waals surface area contributed by atoms with Crippen LogP contribution in [-0.2, 0) is 4.79 Å². The van der Waals surface area contributed by atoms with Crippen LogP contribution in [0.15, 0.2) is 29.2 Å². The van der Waals surface area contributed by atoms with E-state index in [9.17, 15) is 4.79 Å². The first-order valence-corrected chi connectivity index (χ1v) is 7.23. The highest BCUT2D eigenvalue weighted by Gasteiger charge is 2.43. The highest BCUT2D eigenvalue weighted by atomic mass is 35.5. The fourth-order valence-corrected chi connectivity index (χ4v) is 3.96. The second-order valence-corrected chi connectivity index (χ2v) is 6.36. The van der Waals surface area contributed by atoms with Crippen LogP contribution in [0.1, 0.15) is 19.3 Å². The van der Waals surface area contributed by atoms with Crippen molar-refractivity contribution in [2.75, 3.05) is 7.05 Å². The van der Waals surface area contributed by atoms with Gasteiger partial charge in [-0.25, -0.2) is 0 Å². The summed E-state index contributed by atoms with van der Waals surface area (Å²) in [6.45, 7) is 0. The molecule has 0 aromatic heterocycles. The van der Waals surface area contributed by atoms with Crippen LogP contribution in [0, 0.1) is 0 Å². The van der Waals surface area contributed by atoms with E-state index in [1.165, 1.54) is 0 Å². The third-order valence-corrected chi connectivity index (χ3v) is 5.34. The molecule has 1 aromatic rings. The molecule has 5 heteroatoms. The molecule has 2 atom stereocenters. The van der Waals surface area contributed by atoms with Crippen molar-refractivity contribution in [1.29, 1.82) is 0 Å². The molecule has 1 fully saturated rings. The predicted molar refractivity (Wildman–Crippen MR) is 75.9 cm³/mol. The van der Waals surface area contributed by atoms with Crippen molar-refractivity contribution in [3.05, 3.63) is 29.3 Å². The number of nitrogens with two attached hydrogens (primary N) is 1. The second-order valence-electron chi connectivity index (χ2n) is 4.61. The molecule has 98 valence electrons. The number of thioether (sulfide) groups is 1. The molecular formula is C13H17ClN2OS. The summed E-state index contributed by atoms with van der Waals surface area (Å²) in [5.41, 5.74) is 4.95. The lowest BCUT2D eigenvalue weighted by Crippen LogP contribution is -2.52. The van der Waals surface area contributed by atoms with Crippen LogP contribution in [0.5, 0.6) is 0 Å². The summed E-state index contributed by atoms with van der Waals surface area (Å²) in [7, 11) is 1.80. The first-order chi connectivity index (χ1) is 8.57. The highest BCUT2D eigenvalue weighted by molar-refractivity contribution is 8.00. The molecule has 1 aliphatic carbocycles. The topological polar surface area (TPSA) is 55.1 Å². The Hall–Kier alpha value is -0.710. The van der Waals surface area contributed by atoms with Crippen LogP contribution in [0.3, 0.4) is 0 Å². The van der Waals surface area contributed by atoms with E-state index in [0.717, 1.165) is 29.2 Å². The molecule has 3 nitrogen and oxygen atoms in total. The summed E-state index contributed by atoms with van der Waals surface area (Å²) in [4.78, 5) is 12.6. The number of carbonyl (C=O) groups excluding carboxylic acids is 1. The van der Waals surface area contributed by atoms with Crippen LogP contribution in [-0.4, -0.2) is 23.7 Å². The highest BCUT2D eigenvalue weighted by Crippen LogP contribution is 2.41. The Labute approximate surface area is 116 Å². The van der Waals surface area contributed by atoms with E-state index in [1.54, 1.807) is 18.8 Å². The van der Waals surface area contributed by atoms with Crippen molar-refractivity contribution >= 4 is 29.3 Å². The summed E-state index contributed by atoms with van der Waals surface area (Å²) in [6.07, 6.45) is 2.52. The number of rotatable bonds is 4. The van der Waals surface area contributed by atoms with E-state index >= 15 is 0 Å². The van der Waals surface area contributed by atoms with Gasteiger partial charge < -0.3 is 11.1 Å². The van der Waals surface area contributed by atoms with Gasteiger partial charge in [-0.2, -0.15) is 0 Å². The Kier molecular flexibility index (Phi) is 4.20.